The molecule has 1 aromatic carbocycles. The number of carbonyl (C=O) groups is 2. The average molecular weight is 318 g/mol. The summed E-state index contributed by atoms with van der Waals surface area (Å²) < 4.78 is 5.09. The van der Waals surface area contributed by atoms with Gasteiger partial charge in [0.25, 0.3) is 5.91 Å². The molecule has 0 saturated carbocycles. The van der Waals surface area contributed by atoms with Crippen LogP contribution in [0.2, 0.25) is 0 Å². The second-order valence-electron chi connectivity index (χ2n) is 6.33. The van der Waals surface area contributed by atoms with E-state index in [1.165, 1.54) is 12.5 Å². The van der Waals surface area contributed by atoms with E-state index >= 15 is 0 Å². The zero-order chi connectivity index (χ0) is 16.8. The number of nitrogens with two attached hydrogens (primary N) is 1. The fourth-order valence-corrected chi connectivity index (χ4v) is 2.97. The fraction of sp³-hybridized carbons (Fsp3) is 0.556. The van der Waals surface area contributed by atoms with Gasteiger partial charge in [0.05, 0.1) is 0 Å². The monoisotopic (exact) mass is 318 g/mol. The number of hydrogen-bond donors (Lipinski definition) is 1. The smallest absolute Gasteiger partial charge is 0.323 e. The second-order valence-corrected chi connectivity index (χ2v) is 6.33. The first-order chi connectivity index (χ1) is 11.0. The summed E-state index contributed by atoms with van der Waals surface area (Å²) in [5, 5.41) is 0. The zero-order valence-electron chi connectivity index (χ0n) is 13.9. The molecule has 1 aromatic rings. The first-order valence-corrected chi connectivity index (χ1v) is 8.25. The average Bonchev–Trinajstić information content (AvgIpc) is 2.55. The molecule has 0 radical (unpaired) electrons. The highest BCUT2D eigenvalue weighted by Crippen LogP contribution is 2.23. The number of amides is 1. The number of ether oxygens (including phenoxy) is 1. The van der Waals surface area contributed by atoms with Crippen LogP contribution >= 0.6 is 0 Å². The molecule has 1 aliphatic rings. The molecule has 0 aromatic heterocycles. The normalized spacial score (nSPS) is 19.0. The van der Waals surface area contributed by atoms with Gasteiger partial charge in [-0.1, -0.05) is 30.3 Å². The van der Waals surface area contributed by atoms with Gasteiger partial charge in [-0.05, 0) is 57.7 Å². The molecule has 2 atom stereocenters. The topological polar surface area (TPSA) is 72.6 Å². The number of rotatable bonds is 6. The summed E-state index contributed by atoms with van der Waals surface area (Å²) >= 11 is 0. The Morgan fingerprint density at radius 2 is 1.83 bits per heavy atom. The Labute approximate surface area is 137 Å². The molecule has 2 unspecified atom stereocenters. The largest absolute Gasteiger partial charge is 0.451 e. The van der Waals surface area contributed by atoms with E-state index in [1.807, 2.05) is 13.0 Å². The molecule has 1 amide bonds. The summed E-state index contributed by atoms with van der Waals surface area (Å²) in [5.74, 6) is -0.341. The van der Waals surface area contributed by atoms with Crippen LogP contribution in [-0.2, 0) is 20.7 Å². The molecule has 2 N–H and O–H groups in total. The number of nitrogens with zero attached hydrogens (tertiary/aromatic N) is 1. The SMILES string of the molecule is CC(OC(=O)C(C)N1CCC(Cc2ccccc2)CC1)C(N)=O. The standard InChI is InChI=1S/C18H26N2O3/c1-13(18(22)23-14(2)17(19)21)20-10-8-16(9-11-20)12-15-6-4-3-5-7-15/h3-7,13-14,16H,8-12H2,1-2H3,(H2,19,21). The third kappa shape index (κ3) is 5.06. The minimum Gasteiger partial charge on any atom is -0.451 e. The number of benzene rings is 1. The van der Waals surface area contributed by atoms with Crippen molar-refractivity contribution in [3.05, 3.63) is 35.9 Å². The van der Waals surface area contributed by atoms with Crippen molar-refractivity contribution in [1.82, 2.24) is 4.90 Å². The van der Waals surface area contributed by atoms with E-state index in [0.29, 0.717) is 5.92 Å². The van der Waals surface area contributed by atoms with Gasteiger partial charge in [-0.2, -0.15) is 0 Å². The van der Waals surface area contributed by atoms with Gasteiger partial charge in [-0.3, -0.25) is 14.5 Å². The van der Waals surface area contributed by atoms with Crippen LogP contribution in [0.3, 0.4) is 0 Å². The lowest BCUT2D eigenvalue weighted by Crippen LogP contribution is -2.46. The van der Waals surface area contributed by atoms with Crippen molar-refractivity contribution in [1.29, 1.82) is 0 Å². The summed E-state index contributed by atoms with van der Waals surface area (Å²) in [5.41, 5.74) is 6.49. The van der Waals surface area contributed by atoms with Gasteiger partial charge in [0, 0.05) is 0 Å². The minimum atomic E-state index is -0.874. The molecule has 0 spiro atoms. The van der Waals surface area contributed by atoms with E-state index in [4.69, 9.17) is 10.5 Å². The number of esters is 1. The van der Waals surface area contributed by atoms with Crippen LogP contribution in [0, 0.1) is 5.92 Å². The predicted molar refractivity (Wildman–Crippen MR) is 88.7 cm³/mol. The Hall–Kier alpha value is -1.88. The summed E-state index contributed by atoms with van der Waals surface area (Å²) in [6.07, 6.45) is 2.35. The van der Waals surface area contributed by atoms with Crippen LogP contribution in [0.25, 0.3) is 0 Å². The molecule has 0 bridgehead atoms. The maximum atomic E-state index is 12.1. The quantitative estimate of drug-likeness (QED) is 0.811. The Morgan fingerprint density at radius 3 is 2.39 bits per heavy atom. The lowest BCUT2D eigenvalue weighted by atomic mass is 9.89. The van der Waals surface area contributed by atoms with E-state index in [0.717, 1.165) is 32.4 Å². The van der Waals surface area contributed by atoms with Gasteiger partial charge in [0.2, 0.25) is 0 Å². The first-order valence-electron chi connectivity index (χ1n) is 8.25. The van der Waals surface area contributed by atoms with Crippen molar-refractivity contribution in [3.8, 4) is 0 Å². The summed E-state index contributed by atoms with van der Waals surface area (Å²) in [6.45, 7) is 5.07. The van der Waals surface area contributed by atoms with Gasteiger partial charge in [-0.15, -0.1) is 0 Å². The number of carbonyl (C=O) groups excluding carboxylic acids is 2. The van der Waals surface area contributed by atoms with Gasteiger partial charge < -0.3 is 10.5 Å². The van der Waals surface area contributed by atoms with Gasteiger partial charge in [0.15, 0.2) is 6.10 Å². The molecule has 5 heteroatoms. The molecule has 1 aliphatic heterocycles. The van der Waals surface area contributed by atoms with Crippen LogP contribution in [0.1, 0.15) is 32.3 Å². The Morgan fingerprint density at radius 1 is 1.22 bits per heavy atom. The van der Waals surface area contributed by atoms with Crippen LogP contribution in [0.4, 0.5) is 0 Å². The van der Waals surface area contributed by atoms with Crippen LogP contribution in [-0.4, -0.2) is 42.0 Å². The van der Waals surface area contributed by atoms with E-state index < -0.39 is 12.0 Å². The molecule has 5 nitrogen and oxygen atoms in total. The van der Waals surface area contributed by atoms with Gasteiger partial charge in [0.1, 0.15) is 6.04 Å². The highest BCUT2D eigenvalue weighted by molar-refractivity contribution is 5.83. The van der Waals surface area contributed by atoms with Crippen molar-refractivity contribution in [2.45, 2.75) is 45.3 Å². The lowest BCUT2D eigenvalue weighted by Gasteiger charge is -2.35. The molecule has 1 fully saturated rings. The summed E-state index contributed by atoms with van der Waals surface area (Å²) in [7, 11) is 0. The van der Waals surface area contributed by atoms with Gasteiger partial charge in [-0.25, -0.2) is 0 Å². The molecular weight excluding hydrogens is 292 g/mol. The number of primary amides is 1. The molecule has 23 heavy (non-hydrogen) atoms. The third-order valence-electron chi connectivity index (χ3n) is 4.60. The lowest BCUT2D eigenvalue weighted by molar-refractivity contribution is -0.159. The highest BCUT2D eigenvalue weighted by atomic mass is 16.5. The number of piperidine rings is 1. The van der Waals surface area contributed by atoms with Crippen molar-refractivity contribution in [2.75, 3.05) is 13.1 Å². The minimum absolute atomic E-state index is 0.338. The molecule has 0 aliphatic carbocycles. The van der Waals surface area contributed by atoms with E-state index in [9.17, 15) is 9.59 Å². The Balaban J connectivity index is 1.79. The summed E-state index contributed by atoms with van der Waals surface area (Å²) in [6, 6.07) is 10.2. The van der Waals surface area contributed by atoms with Crippen LogP contribution in [0.15, 0.2) is 30.3 Å². The fourth-order valence-electron chi connectivity index (χ4n) is 2.97. The van der Waals surface area contributed by atoms with E-state index in [1.54, 1.807) is 0 Å². The Kier molecular flexibility index (Phi) is 6.16. The maximum Gasteiger partial charge on any atom is 0.323 e. The Bertz CT molecular complexity index is 524. The molecule has 2 rings (SSSR count). The van der Waals surface area contributed by atoms with Crippen molar-refractivity contribution < 1.29 is 14.3 Å². The predicted octanol–water partition coefficient (Wildman–Crippen LogP) is 1.75. The third-order valence-corrected chi connectivity index (χ3v) is 4.60. The van der Waals surface area contributed by atoms with Crippen LogP contribution in [0.5, 0.6) is 0 Å². The van der Waals surface area contributed by atoms with Gasteiger partial charge >= 0.3 is 5.97 Å². The van der Waals surface area contributed by atoms with Crippen molar-refractivity contribution >= 4 is 11.9 Å². The number of likely N-dealkylation sites (tertiary alicyclic amines) is 1. The molecule has 1 saturated heterocycles. The van der Waals surface area contributed by atoms with E-state index in [2.05, 4.69) is 29.2 Å². The molecule has 126 valence electrons. The maximum absolute atomic E-state index is 12.1. The van der Waals surface area contributed by atoms with Crippen molar-refractivity contribution in [3.63, 3.8) is 0 Å². The second kappa shape index (κ2) is 8.11. The molecular formula is C18H26N2O3. The number of hydrogen-bond acceptors (Lipinski definition) is 4. The van der Waals surface area contributed by atoms with Crippen LogP contribution < -0.4 is 5.73 Å². The summed E-state index contributed by atoms with van der Waals surface area (Å²) in [4.78, 5) is 25.2. The van der Waals surface area contributed by atoms with Crippen molar-refractivity contribution in [2.24, 2.45) is 11.7 Å². The first kappa shape index (κ1) is 17.5. The highest BCUT2D eigenvalue weighted by Gasteiger charge is 2.29. The van der Waals surface area contributed by atoms with E-state index in [-0.39, 0.29) is 12.0 Å². The zero-order valence-corrected chi connectivity index (χ0v) is 13.9. The molecule has 1 heterocycles.